The lowest BCUT2D eigenvalue weighted by Gasteiger charge is -2.17. The van der Waals surface area contributed by atoms with Crippen LogP contribution >= 0.6 is 23.2 Å². The van der Waals surface area contributed by atoms with Crippen molar-refractivity contribution in [2.75, 3.05) is 25.0 Å². The number of aromatic nitrogens is 2. The summed E-state index contributed by atoms with van der Waals surface area (Å²) in [7, 11) is 3.73. The van der Waals surface area contributed by atoms with Crippen LogP contribution in [0.5, 0.6) is 0 Å². The summed E-state index contributed by atoms with van der Waals surface area (Å²) in [5.74, 6) is 0.814. The molecule has 0 aliphatic rings. The van der Waals surface area contributed by atoms with E-state index in [1.54, 1.807) is 0 Å². The molecule has 6 heteroatoms. The van der Waals surface area contributed by atoms with Gasteiger partial charge in [-0.15, -0.1) is 11.6 Å². The quantitative estimate of drug-likeness (QED) is 0.804. The third kappa shape index (κ3) is 2.19. The summed E-state index contributed by atoms with van der Waals surface area (Å²) in [6, 6.07) is 2.92. The minimum atomic E-state index is -0.445. The molecule has 0 amide bonds. The predicted octanol–water partition coefficient (Wildman–Crippen LogP) is 2.81. The molecule has 92 valence electrons. The van der Waals surface area contributed by atoms with Gasteiger partial charge in [0.1, 0.15) is 11.6 Å². The van der Waals surface area contributed by atoms with E-state index in [0.29, 0.717) is 23.3 Å². The van der Waals surface area contributed by atoms with E-state index >= 15 is 0 Å². The smallest absolute Gasteiger partial charge is 0.144 e. The largest absolute Gasteiger partial charge is 0.317 e. The fourth-order valence-corrected chi connectivity index (χ4v) is 2.13. The molecule has 0 fully saturated rings. The van der Waals surface area contributed by atoms with Gasteiger partial charge in [-0.3, -0.25) is 0 Å². The summed E-state index contributed by atoms with van der Waals surface area (Å²) in [6.07, 6.45) is 0.619. The maximum atomic E-state index is 13.5. The van der Waals surface area contributed by atoms with Gasteiger partial charge in [0.2, 0.25) is 0 Å². The molecule has 0 spiro atoms. The van der Waals surface area contributed by atoms with Gasteiger partial charge in [-0.1, -0.05) is 11.6 Å². The van der Waals surface area contributed by atoms with E-state index in [1.807, 2.05) is 23.8 Å². The Labute approximate surface area is 109 Å². The highest BCUT2D eigenvalue weighted by molar-refractivity contribution is 6.31. The Bertz CT molecular complexity index is 551. The van der Waals surface area contributed by atoms with Crippen LogP contribution in [-0.2, 0) is 6.42 Å². The second kappa shape index (κ2) is 4.70. The van der Waals surface area contributed by atoms with Gasteiger partial charge < -0.3 is 5.01 Å². The molecule has 0 aliphatic heterocycles. The van der Waals surface area contributed by atoms with Gasteiger partial charge in [-0.25, -0.2) is 14.1 Å². The fraction of sp³-hybridized carbons (Fsp3) is 0.364. The first-order chi connectivity index (χ1) is 8.04. The third-order valence-electron chi connectivity index (χ3n) is 2.46. The highest BCUT2D eigenvalue weighted by Crippen LogP contribution is 2.24. The monoisotopic (exact) mass is 275 g/mol. The van der Waals surface area contributed by atoms with Crippen LogP contribution in [0.25, 0.3) is 11.0 Å². The lowest BCUT2D eigenvalue weighted by atomic mass is 10.3. The number of imidazole rings is 1. The molecule has 2 aromatic rings. The third-order valence-corrected chi connectivity index (χ3v) is 2.94. The Hall–Kier alpha value is -1.00. The van der Waals surface area contributed by atoms with Crippen molar-refractivity contribution >= 4 is 34.2 Å². The van der Waals surface area contributed by atoms with E-state index in [-0.39, 0.29) is 5.02 Å². The van der Waals surface area contributed by atoms with Gasteiger partial charge in [0.15, 0.2) is 0 Å². The molecule has 0 aliphatic carbocycles. The highest BCUT2D eigenvalue weighted by Gasteiger charge is 2.14. The molecule has 17 heavy (non-hydrogen) atoms. The van der Waals surface area contributed by atoms with Gasteiger partial charge >= 0.3 is 0 Å². The van der Waals surface area contributed by atoms with Crippen molar-refractivity contribution in [3.05, 3.63) is 28.8 Å². The van der Waals surface area contributed by atoms with Crippen molar-refractivity contribution in [3.63, 3.8) is 0 Å². The van der Waals surface area contributed by atoms with Crippen LogP contribution in [0.2, 0.25) is 5.02 Å². The first-order valence-electron chi connectivity index (χ1n) is 5.14. The van der Waals surface area contributed by atoms with Gasteiger partial charge in [0.05, 0.1) is 16.1 Å². The van der Waals surface area contributed by atoms with Gasteiger partial charge in [0.25, 0.3) is 0 Å². The van der Waals surface area contributed by atoms with Crippen LogP contribution in [-0.4, -0.2) is 29.6 Å². The number of hydrogen-bond donors (Lipinski definition) is 0. The molecule has 0 atom stereocenters. The summed E-state index contributed by atoms with van der Waals surface area (Å²) in [4.78, 5) is 4.41. The normalized spacial score (nSPS) is 11.1. The standard InChI is InChI=1S/C11H12Cl2FN3/c1-16(2)17-10-6-8(14)7(13)5-9(10)15-11(17)3-4-12/h5-6H,3-4H2,1-2H3. The van der Waals surface area contributed by atoms with E-state index in [9.17, 15) is 4.39 Å². The van der Waals surface area contributed by atoms with Crippen molar-refractivity contribution in [2.45, 2.75) is 6.42 Å². The van der Waals surface area contributed by atoms with E-state index < -0.39 is 5.82 Å². The Morgan fingerprint density at radius 2 is 2.12 bits per heavy atom. The van der Waals surface area contributed by atoms with E-state index in [0.717, 1.165) is 5.82 Å². The van der Waals surface area contributed by atoms with E-state index in [4.69, 9.17) is 23.2 Å². The number of aryl methyl sites for hydroxylation is 1. The lowest BCUT2D eigenvalue weighted by molar-refractivity contribution is 0.627. The molecule has 0 saturated heterocycles. The molecule has 2 rings (SSSR count). The molecule has 3 nitrogen and oxygen atoms in total. The molecular formula is C11H12Cl2FN3. The molecule has 0 N–H and O–H groups in total. The van der Waals surface area contributed by atoms with Crippen molar-refractivity contribution in [1.29, 1.82) is 0 Å². The molecule has 0 radical (unpaired) electrons. The van der Waals surface area contributed by atoms with Crippen LogP contribution in [0.15, 0.2) is 12.1 Å². The minimum absolute atomic E-state index is 0.0818. The summed E-state index contributed by atoms with van der Waals surface area (Å²) >= 11 is 11.5. The van der Waals surface area contributed by atoms with Crippen molar-refractivity contribution in [1.82, 2.24) is 9.66 Å². The van der Waals surface area contributed by atoms with Crippen molar-refractivity contribution < 1.29 is 4.39 Å². The van der Waals surface area contributed by atoms with Crippen LogP contribution in [0.1, 0.15) is 5.82 Å². The topological polar surface area (TPSA) is 21.1 Å². The maximum absolute atomic E-state index is 13.5. The molecule has 1 heterocycles. The first-order valence-corrected chi connectivity index (χ1v) is 6.05. The number of nitrogens with zero attached hydrogens (tertiary/aromatic N) is 3. The van der Waals surface area contributed by atoms with Crippen LogP contribution < -0.4 is 5.01 Å². The highest BCUT2D eigenvalue weighted by atomic mass is 35.5. The van der Waals surface area contributed by atoms with Crippen molar-refractivity contribution in [3.8, 4) is 0 Å². The van der Waals surface area contributed by atoms with E-state index in [2.05, 4.69) is 4.98 Å². The zero-order valence-electron chi connectivity index (χ0n) is 9.54. The van der Waals surface area contributed by atoms with Crippen LogP contribution in [0.3, 0.4) is 0 Å². The summed E-state index contributed by atoms with van der Waals surface area (Å²) < 4.78 is 15.3. The molecule has 0 bridgehead atoms. The SMILES string of the molecule is CN(C)n1c(CCCl)nc2cc(Cl)c(F)cc21. The van der Waals surface area contributed by atoms with Crippen LogP contribution in [0, 0.1) is 5.82 Å². The number of benzene rings is 1. The number of fused-ring (bicyclic) bond motifs is 1. The average molecular weight is 276 g/mol. The molecule has 1 aromatic heterocycles. The molecule has 0 saturated carbocycles. The Kier molecular flexibility index (Phi) is 3.45. The number of alkyl halides is 1. The predicted molar refractivity (Wildman–Crippen MR) is 69.2 cm³/mol. The zero-order valence-corrected chi connectivity index (χ0v) is 11.1. The number of rotatable bonds is 3. The van der Waals surface area contributed by atoms with Gasteiger partial charge in [-0.2, -0.15) is 0 Å². The molecule has 1 aromatic carbocycles. The van der Waals surface area contributed by atoms with Gasteiger partial charge in [-0.05, 0) is 6.07 Å². The Morgan fingerprint density at radius 3 is 2.71 bits per heavy atom. The fourth-order valence-electron chi connectivity index (χ4n) is 1.80. The number of halogens is 3. The second-order valence-electron chi connectivity index (χ2n) is 3.88. The Balaban J connectivity index is 2.71. The zero-order chi connectivity index (χ0) is 12.6. The summed E-state index contributed by atoms with van der Waals surface area (Å²) in [5, 5.41) is 1.92. The number of hydrogen-bond acceptors (Lipinski definition) is 2. The first kappa shape index (κ1) is 12.5. The Morgan fingerprint density at radius 1 is 1.41 bits per heavy atom. The van der Waals surface area contributed by atoms with Crippen LogP contribution in [0.4, 0.5) is 4.39 Å². The summed E-state index contributed by atoms with van der Waals surface area (Å²) in [5.41, 5.74) is 1.36. The average Bonchev–Trinajstić information content (AvgIpc) is 2.57. The van der Waals surface area contributed by atoms with Gasteiger partial charge in [0, 0.05) is 32.5 Å². The maximum Gasteiger partial charge on any atom is 0.144 e. The lowest BCUT2D eigenvalue weighted by Crippen LogP contribution is -2.27. The summed E-state index contributed by atoms with van der Waals surface area (Å²) in [6.45, 7) is 0. The molecular weight excluding hydrogens is 264 g/mol. The minimum Gasteiger partial charge on any atom is -0.317 e. The van der Waals surface area contributed by atoms with E-state index in [1.165, 1.54) is 12.1 Å². The van der Waals surface area contributed by atoms with Crippen molar-refractivity contribution in [2.24, 2.45) is 0 Å². The second-order valence-corrected chi connectivity index (χ2v) is 4.67. The molecule has 0 unspecified atom stereocenters.